The first-order chi connectivity index (χ1) is 4.61. The van der Waals surface area contributed by atoms with Crippen molar-refractivity contribution in [2.24, 2.45) is 7.05 Å². The third-order valence-corrected chi connectivity index (χ3v) is 1.74. The van der Waals surface area contributed by atoms with Crippen molar-refractivity contribution in [2.45, 2.75) is 0 Å². The predicted octanol–water partition coefficient (Wildman–Crippen LogP) is 1.09. The molecule has 1 aromatic rings. The average Bonchev–Trinajstić information content (AvgIpc) is 2.13. The van der Waals surface area contributed by atoms with Crippen LogP contribution < -0.4 is 0 Å². The zero-order chi connectivity index (χ0) is 7.72. The summed E-state index contributed by atoms with van der Waals surface area (Å²) in [6.45, 7) is 0. The standard InChI is InChI=1S/C4H4BrN3O2/c1-7-3(5)2-4(6-7)8(9)10/h2H,1H3. The third-order valence-electron chi connectivity index (χ3n) is 0.997. The van der Waals surface area contributed by atoms with Crippen LogP contribution in [0.25, 0.3) is 0 Å². The normalized spacial score (nSPS) is 9.80. The molecule has 0 aliphatic rings. The molecule has 6 heteroatoms. The van der Waals surface area contributed by atoms with Gasteiger partial charge in [0.25, 0.3) is 0 Å². The van der Waals surface area contributed by atoms with Crippen molar-refractivity contribution >= 4 is 21.7 Å². The number of aromatic nitrogens is 2. The minimum Gasteiger partial charge on any atom is -0.358 e. The summed E-state index contributed by atoms with van der Waals surface area (Å²) in [5, 5.41) is 13.7. The second-order valence-corrected chi connectivity index (χ2v) is 2.52. The van der Waals surface area contributed by atoms with Crippen LogP contribution in [-0.4, -0.2) is 14.7 Å². The van der Waals surface area contributed by atoms with Gasteiger partial charge >= 0.3 is 5.82 Å². The molecule has 0 amide bonds. The molecule has 5 nitrogen and oxygen atoms in total. The van der Waals surface area contributed by atoms with Crippen LogP contribution in [0, 0.1) is 10.1 Å². The molecule has 0 aliphatic carbocycles. The van der Waals surface area contributed by atoms with E-state index in [1.165, 1.54) is 10.7 Å². The molecule has 0 N–H and O–H groups in total. The number of nitro groups is 1. The van der Waals surface area contributed by atoms with Crippen molar-refractivity contribution in [3.05, 3.63) is 20.8 Å². The molecule has 0 spiro atoms. The Bertz CT molecular complexity index is 250. The quantitative estimate of drug-likeness (QED) is 0.510. The Morgan fingerprint density at radius 3 is 2.70 bits per heavy atom. The Balaban J connectivity index is 3.10. The summed E-state index contributed by atoms with van der Waals surface area (Å²) in [7, 11) is 1.62. The van der Waals surface area contributed by atoms with Crippen molar-refractivity contribution in [1.29, 1.82) is 0 Å². The number of hydrogen-bond donors (Lipinski definition) is 0. The van der Waals surface area contributed by atoms with E-state index in [0.717, 1.165) is 0 Å². The maximum absolute atomic E-state index is 10.1. The van der Waals surface area contributed by atoms with Gasteiger partial charge < -0.3 is 10.1 Å². The predicted molar refractivity (Wildman–Crippen MR) is 37.6 cm³/mol. The first-order valence-electron chi connectivity index (χ1n) is 2.45. The number of aryl methyl sites for hydroxylation is 1. The highest BCUT2D eigenvalue weighted by Crippen LogP contribution is 2.15. The molecule has 0 fully saturated rings. The Morgan fingerprint density at radius 1 is 1.90 bits per heavy atom. The molecular weight excluding hydrogens is 202 g/mol. The van der Waals surface area contributed by atoms with Gasteiger partial charge in [-0.05, 0) is 20.9 Å². The number of rotatable bonds is 1. The molecule has 0 unspecified atom stereocenters. The Kier molecular flexibility index (Phi) is 1.71. The molecule has 0 bridgehead atoms. The number of nitrogens with zero attached hydrogens (tertiary/aromatic N) is 3. The second kappa shape index (κ2) is 2.37. The van der Waals surface area contributed by atoms with Gasteiger partial charge in [0.05, 0.1) is 18.2 Å². The molecule has 0 radical (unpaired) electrons. The van der Waals surface area contributed by atoms with Crippen LogP contribution in [0.15, 0.2) is 10.7 Å². The zero-order valence-electron chi connectivity index (χ0n) is 5.11. The Labute approximate surface area is 64.9 Å². The maximum atomic E-state index is 10.1. The van der Waals surface area contributed by atoms with Crippen LogP contribution in [-0.2, 0) is 7.05 Å². The fourth-order valence-corrected chi connectivity index (χ4v) is 0.804. The minimum absolute atomic E-state index is 0.144. The van der Waals surface area contributed by atoms with Gasteiger partial charge in [0.2, 0.25) is 0 Å². The molecule has 54 valence electrons. The summed E-state index contributed by atoms with van der Waals surface area (Å²) in [5.74, 6) is -0.144. The lowest BCUT2D eigenvalue weighted by Crippen LogP contribution is -1.92. The van der Waals surface area contributed by atoms with E-state index in [9.17, 15) is 10.1 Å². The van der Waals surface area contributed by atoms with Gasteiger partial charge in [-0.15, -0.1) is 0 Å². The van der Waals surface area contributed by atoms with E-state index in [4.69, 9.17) is 0 Å². The van der Waals surface area contributed by atoms with Crippen LogP contribution in [0.2, 0.25) is 0 Å². The average molecular weight is 206 g/mol. The highest BCUT2D eigenvalue weighted by atomic mass is 79.9. The lowest BCUT2D eigenvalue weighted by molar-refractivity contribution is -0.389. The van der Waals surface area contributed by atoms with Gasteiger partial charge in [0, 0.05) is 0 Å². The molecule has 10 heavy (non-hydrogen) atoms. The largest absolute Gasteiger partial charge is 0.391 e. The van der Waals surface area contributed by atoms with Crippen LogP contribution in [0.4, 0.5) is 5.82 Å². The van der Waals surface area contributed by atoms with Gasteiger partial charge in [-0.25, -0.2) is 0 Å². The molecule has 1 heterocycles. The van der Waals surface area contributed by atoms with E-state index >= 15 is 0 Å². The van der Waals surface area contributed by atoms with Gasteiger partial charge in [-0.3, -0.25) is 0 Å². The fourth-order valence-electron chi connectivity index (χ4n) is 0.519. The van der Waals surface area contributed by atoms with Gasteiger partial charge in [0.1, 0.15) is 4.60 Å². The molecule has 0 saturated carbocycles. The van der Waals surface area contributed by atoms with Gasteiger partial charge in [-0.2, -0.15) is 4.68 Å². The molecule has 0 atom stereocenters. The topological polar surface area (TPSA) is 61.0 Å². The summed E-state index contributed by atoms with van der Waals surface area (Å²) in [6, 6.07) is 1.35. The van der Waals surface area contributed by atoms with Crippen molar-refractivity contribution in [3.63, 3.8) is 0 Å². The van der Waals surface area contributed by atoms with Gasteiger partial charge in [-0.1, -0.05) is 0 Å². The molecule has 0 aliphatic heterocycles. The van der Waals surface area contributed by atoms with Crippen LogP contribution in [0.3, 0.4) is 0 Å². The van der Waals surface area contributed by atoms with Crippen LogP contribution in [0.1, 0.15) is 0 Å². The first kappa shape index (κ1) is 7.20. The highest BCUT2D eigenvalue weighted by Gasteiger charge is 2.12. The van der Waals surface area contributed by atoms with E-state index in [2.05, 4.69) is 21.0 Å². The lowest BCUT2D eigenvalue weighted by Gasteiger charge is -1.81. The zero-order valence-corrected chi connectivity index (χ0v) is 6.70. The van der Waals surface area contributed by atoms with Crippen molar-refractivity contribution in [1.82, 2.24) is 9.78 Å². The number of halogens is 1. The maximum Gasteiger partial charge on any atom is 0.391 e. The summed E-state index contributed by atoms with van der Waals surface area (Å²) in [6.07, 6.45) is 0. The summed E-state index contributed by atoms with van der Waals surface area (Å²) < 4.78 is 1.98. The van der Waals surface area contributed by atoms with Crippen LogP contribution >= 0.6 is 15.9 Å². The Morgan fingerprint density at radius 2 is 2.50 bits per heavy atom. The molecule has 1 aromatic heterocycles. The molecule has 0 saturated heterocycles. The van der Waals surface area contributed by atoms with E-state index in [0.29, 0.717) is 4.60 Å². The van der Waals surface area contributed by atoms with E-state index in [1.54, 1.807) is 7.05 Å². The molecule has 0 aromatic carbocycles. The van der Waals surface area contributed by atoms with Crippen molar-refractivity contribution < 1.29 is 4.92 Å². The highest BCUT2D eigenvalue weighted by molar-refractivity contribution is 9.10. The smallest absolute Gasteiger partial charge is 0.358 e. The lowest BCUT2D eigenvalue weighted by atomic mass is 10.7. The van der Waals surface area contributed by atoms with E-state index in [-0.39, 0.29) is 5.82 Å². The second-order valence-electron chi connectivity index (χ2n) is 1.71. The first-order valence-corrected chi connectivity index (χ1v) is 3.24. The number of hydrogen-bond acceptors (Lipinski definition) is 3. The summed E-state index contributed by atoms with van der Waals surface area (Å²) in [5.41, 5.74) is 0. The summed E-state index contributed by atoms with van der Waals surface area (Å²) in [4.78, 5) is 9.54. The molecular formula is C4H4BrN3O2. The Hall–Kier alpha value is -0.910. The SMILES string of the molecule is Cn1nc([N+](=O)[O-])cc1Br. The fraction of sp³-hybridized carbons (Fsp3) is 0.250. The van der Waals surface area contributed by atoms with E-state index in [1.807, 2.05) is 0 Å². The van der Waals surface area contributed by atoms with E-state index < -0.39 is 4.92 Å². The van der Waals surface area contributed by atoms with Crippen molar-refractivity contribution in [3.8, 4) is 0 Å². The molecule has 1 rings (SSSR count). The van der Waals surface area contributed by atoms with Crippen molar-refractivity contribution in [2.75, 3.05) is 0 Å². The van der Waals surface area contributed by atoms with Crippen LogP contribution in [0.5, 0.6) is 0 Å². The minimum atomic E-state index is -0.537. The third kappa shape index (κ3) is 1.15. The monoisotopic (exact) mass is 205 g/mol. The summed E-state index contributed by atoms with van der Waals surface area (Å²) >= 11 is 3.08. The van der Waals surface area contributed by atoms with Gasteiger partial charge in [0.15, 0.2) is 0 Å².